The van der Waals surface area contributed by atoms with Gasteiger partial charge in [-0.1, -0.05) is 0 Å². The van der Waals surface area contributed by atoms with E-state index >= 15 is 0 Å². The van der Waals surface area contributed by atoms with Gasteiger partial charge in [0.2, 0.25) is 5.91 Å². The highest BCUT2D eigenvalue weighted by Crippen LogP contribution is 2.23. The van der Waals surface area contributed by atoms with Crippen LogP contribution in [0.4, 0.5) is 0 Å². The monoisotopic (exact) mass is 358 g/mol. The van der Waals surface area contributed by atoms with Crippen LogP contribution in [0.1, 0.15) is 32.4 Å². The molecular weight excluding hydrogens is 332 g/mol. The quantitative estimate of drug-likeness (QED) is 0.862. The van der Waals surface area contributed by atoms with E-state index in [9.17, 15) is 4.79 Å². The molecule has 5 nitrogen and oxygen atoms in total. The lowest BCUT2D eigenvalue weighted by molar-refractivity contribution is -0.126. The maximum atomic E-state index is 12.4. The number of carbonyl (C=O) groups excluding carboxylic acids is 1. The van der Waals surface area contributed by atoms with Gasteiger partial charge in [-0.3, -0.25) is 9.78 Å². The van der Waals surface area contributed by atoms with Crippen molar-refractivity contribution in [2.24, 2.45) is 5.92 Å². The van der Waals surface area contributed by atoms with E-state index in [4.69, 9.17) is 0 Å². The highest BCUT2D eigenvalue weighted by molar-refractivity contribution is 7.13. The van der Waals surface area contributed by atoms with E-state index in [1.807, 2.05) is 12.1 Å². The number of piperidine rings is 1. The maximum Gasteiger partial charge on any atom is 0.224 e. The van der Waals surface area contributed by atoms with Gasteiger partial charge in [-0.25, -0.2) is 4.98 Å². The first-order valence-corrected chi connectivity index (χ1v) is 9.88. The third kappa shape index (κ3) is 4.86. The molecule has 3 heterocycles. The number of thiazole rings is 1. The topological polar surface area (TPSA) is 58.1 Å². The SMILES string of the molecule is CC(C)N1CCC[C@@H](C(=O)NCCc2csc(-c3ccncc3)n2)C1. The van der Waals surface area contributed by atoms with Gasteiger partial charge in [0.15, 0.2) is 0 Å². The first-order valence-electron chi connectivity index (χ1n) is 9.00. The van der Waals surface area contributed by atoms with Crippen molar-refractivity contribution in [1.29, 1.82) is 0 Å². The van der Waals surface area contributed by atoms with Crippen molar-refractivity contribution in [3.05, 3.63) is 35.6 Å². The van der Waals surface area contributed by atoms with Crippen LogP contribution >= 0.6 is 11.3 Å². The summed E-state index contributed by atoms with van der Waals surface area (Å²) in [4.78, 5) is 23.5. The molecule has 2 aromatic heterocycles. The zero-order chi connectivity index (χ0) is 17.6. The Morgan fingerprint density at radius 3 is 2.96 bits per heavy atom. The standard InChI is InChI=1S/C19H26N4OS/c1-14(2)23-11-3-4-16(12-23)18(24)21-10-7-17-13-25-19(22-17)15-5-8-20-9-6-15/h5-6,8-9,13-14,16H,3-4,7,10-12H2,1-2H3,(H,21,24)/t16-/m1/s1. The molecule has 0 saturated carbocycles. The van der Waals surface area contributed by atoms with Crippen molar-refractivity contribution in [2.75, 3.05) is 19.6 Å². The van der Waals surface area contributed by atoms with Gasteiger partial charge < -0.3 is 10.2 Å². The van der Waals surface area contributed by atoms with Crippen LogP contribution in [0.25, 0.3) is 10.6 Å². The molecule has 1 fully saturated rings. The van der Waals surface area contributed by atoms with E-state index in [-0.39, 0.29) is 11.8 Å². The van der Waals surface area contributed by atoms with Crippen LogP contribution in [-0.2, 0) is 11.2 Å². The summed E-state index contributed by atoms with van der Waals surface area (Å²) in [6.07, 6.45) is 6.44. The number of amides is 1. The number of pyridine rings is 1. The van der Waals surface area contributed by atoms with E-state index < -0.39 is 0 Å². The van der Waals surface area contributed by atoms with Gasteiger partial charge >= 0.3 is 0 Å². The van der Waals surface area contributed by atoms with Crippen LogP contribution in [-0.4, -0.2) is 46.5 Å². The Morgan fingerprint density at radius 1 is 1.40 bits per heavy atom. The molecule has 0 radical (unpaired) electrons. The number of aromatic nitrogens is 2. The molecule has 1 atom stereocenters. The van der Waals surface area contributed by atoms with Crippen molar-refractivity contribution < 1.29 is 4.79 Å². The molecule has 0 aliphatic carbocycles. The number of hydrogen-bond donors (Lipinski definition) is 1. The Morgan fingerprint density at radius 2 is 2.20 bits per heavy atom. The molecule has 25 heavy (non-hydrogen) atoms. The highest BCUT2D eigenvalue weighted by Gasteiger charge is 2.26. The summed E-state index contributed by atoms with van der Waals surface area (Å²) in [5.41, 5.74) is 2.12. The van der Waals surface area contributed by atoms with Gasteiger partial charge in [-0.05, 0) is 45.4 Å². The van der Waals surface area contributed by atoms with Crippen LogP contribution < -0.4 is 5.32 Å². The van der Waals surface area contributed by atoms with Gasteiger partial charge in [-0.2, -0.15) is 0 Å². The van der Waals surface area contributed by atoms with E-state index in [2.05, 4.69) is 39.4 Å². The molecule has 0 spiro atoms. The lowest BCUT2D eigenvalue weighted by Crippen LogP contribution is -2.45. The summed E-state index contributed by atoms with van der Waals surface area (Å²) in [6, 6.07) is 4.44. The molecule has 1 aliphatic heterocycles. The lowest BCUT2D eigenvalue weighted by Gasteiger charge is -2.34. The molecule has 6 heteroatoms. The Kier molecular flexibility index (Phi) is 6.15. The van der Waals surface area contributed by atoms with Gasteiger partial charge in [0.05, 0.1) is 11.6 Å². The largest absolute Gasteiger partial charge is 0.355 e. The van der Waals surface area contributed by atoms with Gasteiger partial charge in [0.1, 0.15) is 5.01 Å². The molecule has 0 aromatic carbocycles. The Bertz CT molecular complexity index is 686. The first-order chi connectivity index (χ1) is 12.1. The molecule has 1 N–H and O–H groups in total. The second-order valence-corrected chi connectivity index (χ2v) is 7.71. The maximum absolute atomic E-state index is 12.4. The van der Waals surface area contributed by atoms with Crippen molar-refractivity contribution in [3.8, 4) is 10.6 Å². The van der Waals surface area contributed by atoms with E-state index in [1.165, 1.54) is 0 Å². The summed E-state index contributed by atoms with van der Waals surface area (Å²) in [7, 11) is 0. The van der Waals surface area contributed by atoms with Crippen molar-refractivity contribution in [1.82, 2.24) is 20.2 Å². The number of nitrogens with one attached hydrogen (secondary N) is 1. The van der Waals surface area contributed by atoms with Gasteiger partial charge in [0.25, 0.3) is 0 Å². The minimum absolute atomic E-state index is 0.124. The number of likely N-dealkylation sites (tertiary alicyclic amines) is 1. The molecule has 2 aromatic rings. The predicted octanol–water partition coefficient (Wildman–Crippen LogP) is 2.98. The van der Waals surface area contributed by atoms with Gasteiger partial charge in [0, 0.05) is 48.9 Å². The molecule has 1 saturated heterocycles. The first kappa shape index (κ1) is 18.0. The average molecular weight is 359 g/mol. The Balaban J connectivity index is 1.47. The average Bonchev–Trinajstić information content (AvgIpc) is 3.11. The van der Waals surface area contributed by atoms with E-state index in [0.717, 1.165) is 48.6 Å². The smallest absolute Gasteiger partial charge is 0.224 e. The van der Waals surface area contributed by atoms with Crippen molar-refractivity contribution in [3.63, 3.8) is 0 Å². The molecule has 134 valence electrons. The fraction of sp³-hybridized carbons (Fsp3) is 0.526. The zero-order valence-electron chi connectivity index (χ0n) is 14.9. The predicted molar refractivity (Wildman–Crippen MR) is 101 cm³/mol. The van der Waals surface area contributed by atoms with Crippen LogP contribution in [0.5, 0.6) is 0 Å². The highest BCUT2D eigenvalue weighted by atomic mass is 32.1. The number of rotatable bonds is 6. The lowest BCUT2D eigenvalue weighted by atomic mass is 9.96. The van der Waals surface area contributed by atoms with Crippen LogP contribution in [0, 0.1) is 5.92 Å². The summed E-state index contributed by atoms with van der Waals surface area (Å²) in [6.45, 7) is 7.03. The summed E-state index contributed by atoms with van der Waals surface area (Å²) in [5.74, 6) is 0.314. The number of hydrogen-bond acceptors (Lipinski definition) is 5. The Hall–Kier alpha value is -1.79. The fourth-order valence-corrected chi connectivity index (χ4v) is 4.06. The fourth-order valence-electron chi connectivity index (χ4n) is 3.20. The third-order valence-corrected chi connectivity index (χ3v) is 5.65. The van der Waals surface area contributed by atoms with Crippen LogP contribution in [0.2, 0.25) is 0 Å². The zero-order valence-corrected chi connectivity index (χ0v) is 15.8. The summed E-state index contributed by atoms with van der Waals surface area (Å²) >= 11 is 1.63. The van der Waals surface area contributed by atoms with Crippen molar-refractivity contribution >= 4 is 17.2 Å². The van der Waals surface area contributed by atoms with Crippen LogP contribution in [0.3, 0.4) is 0 Å². The third-order valence-electron chi connectivity index (χ3n) is 4.71. The van der Waals surface area contributed by atoms with E-state index in [1.54, 1.807) is 23.7 Å². The Labute approximate surface area is 153 Å². The van der Waals surface area contributed by atoms with Gasteiger partial charge in [-0.15, -0.1) is 11.3 Å². The number of carbonyl (C=O) groups is 1. The van der Waals surface area contributed by atoms with E-state index in [0.29, 0.717) is 12.6 Å². The molecule has 1 amide bonds. The molecule has 3 rings (SSSR count). The van der Waals surface area contributed by atoms with Crippen LogP contribution in [0.15, 0.2) is 29.9 Å². The minimum Gasteiger partial charge on any atom is -0.355 e. The second-order valence-electron chi connectivity index (χ2n) is 6.85. The second kappa shape index (κ2) is 8.54. The molecule has 0 unspecified atom stereocenters. The molecule has 1 aliphatic rings. The number of nitrogens with zero attached hydrogens (tertiary/aromatic N) is 3. The normalized spacial score (nSPS) is 18.4. The summed E-state index contributed by atoms with van der Waals surface area (Å²) < 4.78 is 0. The summed E-state index contributed by atoms with van der Waals surface area (Å²) in [5, 5.41) is 6.17. The molecule has 0 bridgehead atoms. The minimum atomic E-state index is 0.124. The van der Waals surface area contributed by atoms with Crippen molar-refractivity contribution in [2.45, 2.75) is 39.2 Å². The molecular formula is C19H26N4OS.